The summed E-state index contributed by atoms with van der Waals surface area (Å²) in [6.45, 7) is 3.90. The first-order valence-corrected chi connectivity index (χ1v) is 6.19. The topological polar surface area (TPSA) is 49.3 Å². The fourth-order valence-corrected chi connectivity index (χ4v) is 1.86. The van der Waals surface area contributed by atoms with Gasteiger partial charge < -0.3 is 10.4 Å². The molecule has 0 radical (unpaired) electrons. The maximum Gasteiger partial charge on any atom is 0.255 e. The number of hydrogen-bond acceptors (Lipinski definition) is 2. The number of carbonyl (C=O) groups is 1. The van der Waals surface area contributed by atoms with E-state index in [-0.39, 0.29) is 12.5 Å². The molecule has 2 rings (SSSR count). The number of aryl methyl sites for hydroxylation is 2. The highest BCUT2D eigenvalue weighted by molar-refractivity contribution is 6.04. The van der Waals surface area contributed by atoms with Gasteiger partial charge in [0.05, 0.1) is 6.61 Å². The minimum Gasteiger partial charge on any atom is -0.392 e. The van der Waals surface area contributed by atoms with Crippen LogP contribution in [0.25, 0.3) is 0 Å². The first-order chi connectivity index (χ1) is 9.11. The number of amides is 1. The number of hydrogen-bond donors (Lipinski definition) is 2. The normalized spacial score (nSPS) is 10.3. The van der Waals surface area contributed by atoms with Gasteiger partial charge in [-0.2, -0.15) is 0 Å². The molecule has 0 saturated carbocycles. The van der Waals surface area contributed by atoms with E-state index in [0.29, 0.717) is 16.8 Å². The lowest BCUT2D eigenvalue weighted by Crippen LogP contribution is -2.13. The van der Waals surface area contributed by atoms with Crippen molar-refractivity contribution in [3.8, 4) is 0 Å². The molecule has 0 atom stereocenters. The van der Waals surface area contributed by atoms with Gasteiger partial charge in [0.15, 0.2) is 0 Å². The molecule has 2 aromatic carbocycles. The summed E-state index contributed by atoms with van der Waals surface area (Å²) < 4.78 is 0. The monoisotopic (exact) mass is 255 g/mol. The van der Waals surface area contributed by atoms with Crippen molar-refractivity contribution in [3.05, 3.63) is 64.7 Å². The first kappa shape index (κ1) is 13.3. The number of para-hydroxylation sites is 1. The lowest BCUT2D eigenvalue weighted by molar-refractivity contribution is 0.102. The summed E-state index contributed by atoms with van der Waals surface area (Å²) in [4.78, 5) is 12.2. The predicted molar refractivity (Wildman–Crippen MR) is 76.2 cm³/mol. The van der Waals surface area contributed by atoms with Crippen LogP contribution in [0.3, 0.4) is 0 Å². The number of rotatable bonds is 3. The van der Waals surface area contributed by atoms with Crippen molar-refractivity contribution >= 4 is 11.6 Å². The van der Waals surface area contributed by atoms with Crippen LogP contribution in [0.2, 0.25) is 0 Å². The number of aliphatic hydroxyl groups excluding tert-OH is 1. The molecule has 3 nitrogen and oxygen atoms in total. The summed E-state index contributed by atoms with van der Waals surface area (Å²) in [6, 6.07) is 12.8. The first-order valence-electron chi connectivity index (χ1n) is 6.19. The number of benzene rings is 2. The minimum atomic E-state index is -0.163. The molecule has 0 aliphatic carbocycles. The highest BCUT2D eigenvalue weighted by atomic mass is 16.3. The third kappa shape index (κ3) is 3.01. The van der Waals surface area contributed by atoms with Crippen molar-refractivity contribution in [1.82, 2.24) is 0 Å². The fraction of sp³-hybridized carbons (Fsp3) is 0.188. The number of nitrogens with one attached hydrogen (secondary N) is 1. The molecule has 1 amide bonds. The number of carbonyl (C=O) groups excluding carboxylic acids is 1. The van der Waals surface area contributed by atoms with Crippen LogP contribution in [0.1, 0.15) is 27.0 Å². The fourth-order valence-electron chi connectivity index (χ4n) is 1.86. The molecular weight excluding hydrogens is 238 g/mol. The van der Waals surface area contributed by atoms with Gasteiger partial charge in [0.2, 0.25) is 0 Å². The Morgan fingerprint density at radius 3 is 2.53 bits per heavy atom. The van der Waals surface area contributed by atoms with E-state index < -0.39 is 0 Å². The quantitative estimate of drug-likeness (QED) is 0.885. The molecule has 19 heavy (non-hydrogen) atoms. The molecule has 0 fully saturated rings. The van der Waals surface area contributed by atoms with Crippen LogP contribution >= 0.6 is 0 Å². The molecule has 0 saturated heterocycles. The maximum atomic E-state index is 12.2. The Kier molecular flexibility index (Phi) is 3.97. The maximum absolute atomic E-state index is 12.2. The summed E-state index contributed by atoms with van der Waals surface area (Å²) >= 11 is 0. The summed E-state index contributed by atoms with van der Waals surface area (Å²) in [5, 5.41) is 12.1. The number of aliphatic hydroxyl groups is 1. The van der Waals surface area contributed by atoms with Gasteiger partial charge in [-0.15, -0.1) is 0 Å². The van der Waals surface area contributed by atoms with Crippen LogP contribution in [-0.4, -0.2) is 11.0 Å². The van der Waals surface area contributed by atoms with Gasteiger partial charge in [0.25, 0.3) is 5.91 Å². The van der Waals surface area contributed by atoms with Crippen molar-refractivity contribution < 1.29 is 9.90 Å². The van der Waals surface area contributed by atoms with Gasteiger partial charge in [-0.25, -0.2) is 0 Å². The molecule has 0 aliphatic rings. The second kappa shape index (κ2) is 5.67. The molecule has 0 aromatic heterocycles. The SMILES string of the molecule is Cc1ccc(C(=O)Nc2ccccc2CO)cc1C. The van der Waals surface area contributed by atoms with Crippen molar-refractivity contribution in [2.45, 2.75) is 20.5 Å². The molecule has 98 valence electrons. The van der Waals surface area contributed by atoms with E-state index in [1.165, 1.54) is 0 Å². The molecule has 0 heterocycles. The second-order valence-electron chi connectivity index (χ2n) is 4.57. The third-order valence-electron chi connectivity index (χ3n) is 3.21. The average molecular weight is 255 g/mol. The third-order valence-corrected chi connectivity index (χ3v) is 3.21. The van der Waals surface area contributed by atoms with E-state index in [1.807, 2.05) is 38.1 Å². The van der Waals surface area contributed by atoms with E-state index in [0.717, 1.165) is 11.1 Å². The second-order valence-corrected chi connectivity index (χ2v) is 4.57. The Morgan fingerprint density at radius 1 is 1.11 bits per heavy atom. The summed E-state index contributed by atoms with van der Waals surface area (Å²) in [7, 11) is 0. The largest absolute Gasteiger partial charge is 0.392 e. The van der Waals surface area contributed by atoms with Crippen molar-refractivity contribution in [2.24, 2.45) is 0 Å². The van der Waals surface area contributed by atoms with Crippen molar-refractivity contribution in [3.63, 3.8) is 0 Å². The van der Waals surface area contributed by atoms with Gasteiger partial charge in [-0.05, 0) is 43.2 Å². The zero-order valence-corrected chi connectivity index (χ0v) is 11.1. The molecule has 0 spiro atoms. The highest BCUT2D eigenvalue weighted by Gasteiger charge is 2.09. The van der Waals surface area contributed by atoms with Gasteiger partial charge in [-0.1, -0.05) is 24.3 Å². The minimum absolute atomic E-state index is 0.0939. The van der Waals surface area contributed by atoms with Crippen molar-refractivity contribution in [2.75, 3.05) is 5.32 Å². The van der Waals surface area contributed by atoms with E-state index >= 15 is 0 Å². The summed E-state index contributed by atoms with van der Waals surface area (Å²) in [5.74, 6) is -0.163. The molecule has 2 aromatic rings. The van der Waals surface area contributed by atoms with Crippen LogP contribution in [0.4, 0.5) is 5.69 Å². The Labute approximate surface area is 112 Å². The molecule has 3 heteroatoms. The molecule has 2 N–H and O–H groups in total. The summed E-state index contributed by atoms with van der Waals surface area (Å²) in [6.07, 6.45) is 0. The lowest BCUT2D eigenvalue weighted by atomic mass is 10.1. The van der Waals surface area contributed by atoms with E-state index in [1.54, 1.807) is 18.2 Å². The van der Waals surface area contributed by atoms with E-state index in [2.05, 4.69) is 5.32 Å². The Hall–Kier alpha value is -2.13. The average Bonchev–Trinajstić information content (AvgIpc) is 2.42. The van der Waals surface area contributed by atoms with Gasteiger partial charge >= 0.3 is 0 Å². The molecular formula is C16H17NO2. The standard InChI is InChI=1S/C16H17NO2/c1-11-7-8-13(9-12(11)2)16(19)17-15-6-4-3-5-14(15)10-18/h3-9,18H,10H2,1-2H3,(H,17,19). The van der Waals surface area contributed by atoms with Crippen LogP contribution in [0, 0.1) is 13.8 Å². The summed E-state index contributed by atoms with van der Waals surface area (Å²) in [5.41, 5.74) is 4.22. The van der Waals surface area contributed by atoms with E-state index in [9.17, 15) is 9.90 Å². The molecule has 0 aliphatic heterocycles. The van der Waals surface area contributed by atoms with E-state index in [4.69, 9.17) is 0 Å². The Balaban J connectivity index is 2.23. The lowest BCUT2D eigenvalue weighted by Gasteiger charge is -2.10. The van der Waals surface area contributed by atoms with Gasteiger partial charge in [0.1, 0.15) is 0 Å². The smallest absolute Gasteiger partial charge is 0.255 e. The number of anilines is 1. The zero-order valence-electron chi connectivity index (χ0n) is 11.1. The van der Waals surface area contributed by atoms with Crippen LogP contribution < -0.4 is 5.32 Å². The van der Waals surface area contributed by atoms with Gasteiger partial charge in [-0.3, -0.25) is 4.79 Å². The van der Waals surface area contributed by atoms with Gasteiger partial charge in [0, 0.05) is 16.8 Å². The zero-order chi connectivity index (χ0) is 13.8. The predicted octanol–water partition coefficient (Wildman–Crippen LogP) is 3.05. The molecule has 0 bridgehead atoms. The van der Waals surface area contributed by atoms with Crippen LogP contribution in [-0.2, 0) is 6.61 Å². The van der Waals surface area contributed by atoms with Crippen molar-refractivity contribution in [1.29, 1.82) is 0 Å². The Bertz CT molecular complexity index is 605. The highest BCUT2D eigenvalue weighted by Crippen LogP contribution is 2.17. The van der Waals surface area contributed by atoms with Crippen LogP contribution in [0.5, 0.6) is 0 Å². The Morgan fingerprint density at radius 2 is 1.84 bits per heavy atom. The van der Waals surface area contributed by atoms with Crippen LogP contribution in [0.15, 0.2) is 42.5 Å². The molecule has 0 unspecified atom stereocenters.